The van der Waals surface area contributed by atoms with Gasteiger partial charge in [-0.1, -0.05) is 31.4 Å². The molecule has 2 nitrogen and oxygen atoms in total. The van der Waals surface area contributed by atoms with Gasteiger partial charge in [0.15, 0.2) is 0 Å². The monoisotopic (exact) mass is 259 g/mol. The van der Waals surface area contributed by atoms with E-state index < -0.39 is 0 Å². The van der Waals surface area contributed by atoms with Crippen LogP contribution in [0.3, 0.4) is 0 Å². The Morgan fingerprint density at radius 3 is 2.58 bits per heavy atom. The van der Waals surface area contributed by atoms with Gasteiger partial charge in [-0.25, -0.2) is 0 Å². The number of aromatic hydroxyl groups is 1. The Bertz CT molecular complexity index is 433. The average molecular weight is 259 g/mol. The van der Waals surface area contributed by atoms with Crippen LogP contribution in [0.4, 0.5) is 0 Å². The Morgan fingerprint density at radius 1 is 1.21 bits per heavy atom. The second-order valence-electron chi connectivity index (χ2n) is 6.47. The highest BCUT2D eigenvalue weighted by Crippen LogP contribution is 2.44. The van der Waals surface area contributed by atoms with Crippen LogP contribution in [0.1, 0.15) is 50.5 Å². The van der Waals surface area contributed by atoms with E-state index in [1.165, 1.54) is 57.1 Å². The van der Waals surface area contributed by atoms with Gasteiger partial charge >= 0.3 is 0 Å². The zero-order valence-electron chi connectivity index (χ0n) is 11.9. The Balaban J connectivity index is 1.90. The van der Waals surface area contributed by atoms with Gasteiger partial charge in [-0.3, -0.25) is 4.90 Å². The number of benzene rings is 1. The van der Waals surface area contributed by atoms with Crippen LogP contribution in [0, 0.1) is 5.92 Å². The van der Waals surface area contributed by atoms with Crippen molar-refractivity contribution in [1.29, 1.82) is 0 Å². The minimum atomic E-state index is 0.166. The summed E-state index contributed by atoms with van der Waals surface area (Å²) in [6.07, 6.45) is 9.26. The van der Waals surface area contributed by atoms with Crippen molar-refractivity contribution in [1.82, 2.24) is 4.90 Å². The topological polar surface area (TPSA) is 23.5 Å². The molecule has 0 unspecified atom stereocenters. The first-order valence-electron chi connectivity index (χ1n) is 7.71. The Morgan fingerprint density at radius 2 is 1.95 bits per heavy atom. The Kier molecular flexibility index (Phi) is 3.53. The molecule has 0 bridgehead atoms. The lowest BCUT2D eigenvalue weighted by atomic mass is 9.75. The lowest BCUT2D eigenvalue weighted by Gasteiger charge is -2.45. The molecule has 2 heteroatoms. The van der Waals surface area contributed by atoms with E-state index in [4.69, 9.17) is 0 Å². The molecule has 19 heavy (non-hydrogen) atoms. The van der Waals surface area contributed by atoms with Gasteiger partial charge in [0.1, 0.15) is 5.75 Å². The second-order valence-corrected chi connectivity index (χ2v) is 6.47. The first kappa shape index (κ1) is 13.0. The predicted molar refractivity (Wildman–Crippen MR) is 78.2 cm³/mol. The summed E-state index contributed by atoms with van der Waals surface area (Å²) in [5.41, 5.74) is 1.48. The summed E-state index contributed by atoms with van der Waals surface area (Å²) in [7, 11) is 2.29. The molecule has 1 aromatic rings. The molecule has 0 aromatic heterocycles. The van der Waals surface area contributed by atoms with Gasteiger partial charge in [-0.15, -0.1) is 0 Å². The molecule has 0 aliphatic heterocycles. The average Bonchev–Trinajstić information content (AvgIpc) is 3.23. The van der Waals surface area contributed by atoms with Crippen molar-refractivity contribution in [2.24, 2.45) is 5.92 Å². The molecule has 3 rings (SSSR count). The van der Waals surface area contributed by atoms with Crippen LogP contribution in [0.5, 0.6) is 5.75 Å². The molecule has 2 aliphatic carbocycles. The molecule has 0 spiro atoms. The minimum absolute atomic E-state index is 0.166. The SMILES string of the molecule is CN(CC1CC1)C1(c2cccc(O)c2)CCCCC1. The maximum absolute atomic E-state index is 9.82. The maximum atomic E-state index is 9.82. The van der Waals surface area contributed by atoms with Crippen molar-refractivity contribution in [3.63, 3.8) is 0 Å². The quantitative estimate of drug-likeness (QED) is 0.886. The maximum Gasteiger partial charge on any atom is 0.115 e. The fourth-order valence-electron chi connectivity index (χ4n) is 3.69. The zero-order chi connectivity index (χ0) is 13.3. The molecule has 2 saturated carbocycles. The van der Waals surface area contributed by atoms with E-state index in [1.54, 1.807) is 6.07 Å². The molecule has 104 valence electrons. The third kappa shape index (κ3) is 2.64. The van der Waals surface area contributed by atoms with Gasteiger partial charge in [-0.05, 0) is 56.3 Å². The highest BCUT2D eigenvalue weighted by atomic mass is 16.3. The normalized spacial score (nSPS) is 22.6. The van der Waals surface area contributed by atoms with Crippen molar-refractivity contribution in [3.8, 4) is 5.75 Å². The second kappa shape index (κ2) is 5.16. The number of nitrogens with zero attached hydrogens (tertiary/aromatic N) is 1. The summed E-state index contributed by atoms with van der Waals surface area (Å²) < 4.78 is 0. The lowest BCUT2D eigenvalue weighted by molar-refractivity contribution is 0.0679. The number of hydrogen-bond acceptors (Lipinski definition) is 2. The molecule has 2 aliphatic rings. The van der Waals surface area contributed by atoms with Gasteiger partial charge in [0, 0.05) is 12.1 Å². The summed E-state index contributed by atoms with van der Waals surface area (Å²) in [6, 6.07) is 7.95. The largest absolute Gasteiger partial charge is 0.508 e. The fraction of sp³-hybridized carbons (Fsp3) is 0.647. The molecular formula is C17H25NO. The molecule has 1 aromatic carbocycles. The fourth-order valence-corrected chi connectivity index (χ4v) is 3.69. The van der Waals surface area contributed by atoms with E-state index in [9.17, 15) is 5.11 Å². The Labute approximate surface area is 116 Å². The third-order valence-corrected chi connectivity index (χ3v) is 5.02. The summed E-state index contributed by atoms with van der Waals surface area (Å²) >= 11 is 0. The van der Waals surface area contributed by atoms with Crippen LogP contribution >= 0.6 is 0 Å². The molecule has 0 saturated heterocycles. The van der Waals surface area contributed by atoms with E-state index in [-0.39, 0.29) is 5.54 Å². The van der Waals surface area contributed by atoms with Crippen LogP contribution in [0.2, 0.25) is 0 Å². The summed E-state index contributed by atoms with van der Waals surface area (Å²) in [4.78, 5) is 2.58. The molecule has 2 fully saturated rings. The number of hydrogen-bond donors (Lipinski definition) is 1. The number of rotatable bonds is 4. The van der Waals surface area contributed by atoms with Crippen LogP contribution < -0.4 is 0 Å². The van der Waals surface area contributed by atoms with Crippen LogP contribution in [-0.2, 0) is 5.54 Å². The van der Waals surface area contributed by atoms with Crippen molar-refractivity contribution in [2.75, 3.05) is 13.6 Å². The van der Waals surface area contributed by atoms with Gasteiger partial charge in [0.2, 0.25) is 0 Å². The first-order valence-corrected chi connectivity index (χ1v) is 7.71. The van der Waals surface area contributed by atoms with Crippen LogP contribution in [0.25, 0.3) is 0 Å². The van der Waals surface area contributed by atoms with E-state index >= 15 is 0 Å². The molecule has 0 heterocycles. The van der Waals surface area contributed by atoms with Crippen LogP contribution in [0.15, 0.2) is 24.3 Å². The smallest absolute Gasteiger partial charge is 0.115 e. The summed E-state index contributed by atoms with van der Waals surface area (Å²) in [6.45, 7) is 1.22. The summed E-state index contributed by atoms with van der Waals surface area (Å²) in [5, 5.41) is 9.82. The van der Waals surface area contributed by atoms with Gasteiger partial charge in [0.25, 0.3) is 0 Å². The predicted octanol–water partition coefficient (Wildman–Crippen LogP) is 3.89. The van der Waals surface area contributed by atoms with E-state index in [1.807, 2.05) is 12.1 Å². The zero-order valence-corrected chi connectivity index (χ0v) is 11.9. The minimum Gasteiger partial charge on any atom is -0.508 e. The lowest BCUT2D eigenvalue weighted by Crippen LogP contribution is -2.46. The van der Waals surface area contributed by atoms with Crippen molar-refractivity contribution in [3.05, 3.63) is 29.8 Å². The number of phenols is 1. The highest BCUT2D eigenvalue weighted by molar-refractivity contribution is 5.33. The molecule has 0 radical (unpaired) electrons. The standard InChI is InChI=1S/C17H25NO/c1-18(13-14-8-9-14)17(10-3-2-4-11-17)15-6-5-7-16(19)12-15/h5-7,12,14,19H,2-4,8-11,13H2,1H3. The van der Waals surface area contributed by atoms with E-state index in [0.29, 0.717) is 5.75 Å². The van der Waals surface area contributed by atoms with Gasteiger partial charge < -0.3 is 5.11 Å². The van der Waals surface area contributed by atoms with Gasteiger partial charge in [-0.2, -0.15) is 0 Å². The van der Waals surface area contributed by atoms with Gasteiger partial charge in [0.05, 0.1) is 0 Å². The van der Waals surface area contributed by atoms with Crippen LogP contribution in [-0.4, -0.2) is 23.6 Å². The van der Waals surface area contributed by atoms with Crippen molar-refractivity contribution in [2.45, 2.75) is 50.5 Å². The summed E-state index contributed by atoms with van der Waals surface area (Å²) in [5.74, 6) is 1.32. The number of phenolic OH excluding ortho intramolecular Hbond substituents is 1. The van der Waals surface area contributed by atoms with Crippen molar-refractivity contribution < 1.29 is 5.11 Å². The molecule has 0 atom stereocenters. The van der Waals surface area contributed by atoms with Crippen molar-refractivity contribution >= 4 is 0 Å². The van der Waals surface area contributed by atoms with E-state index in [2.05, 4.69) is 18.0 Å². The molecule has 1 N–H and O–H groups in total. The molecular weight excluding hydrogens is 234 g/mol. The van der Waals surface area contributed by atoms with E-state index in [0.717, 1.165) is 5.92 Å². The first-order chi connectivity index (χ1) is 9.21. The highest BCUT2D eigenvalue weighted by Gasteiger charge is 2.39. The Hall–Kier alpha value is -1.02. The molecule has 0 amide bonds. The third-order valence-electron chi connectivity index (χ3n) is 5.02.